The first kappa shape index (κ1) is 9.94. The summed E-state index contributed by atoms with van der Waals surface area (Å²) in [5.74, 6) is 0.115. The summed E-state index contributed by atoms with van der Waals surface area (Å²) in [6.45, 7) is 2.42. The first-order valence-corrected chi connectivity index (χ1v) is 3.59. The molecule has 1 N–H and O–H groups in total. The quantitative estimate of drug-likeness (QED) is 0.356. The molecule has 0 aliphatic rings. The van der Waals surface area contributed by atoms with Crippen LogP contribution >= 0.6 is 0 Å². The molecule has 0 rings (SSSR count). The van der Waals surface area contributed by atoms with E-state index in [1.54, 1.807) is 25.2 Å². The Balaban J connectivity index is 3.32. The van der Waals surface area contributed by atoms with Gasteiger partial charge in [0, 0.05) is 33.3 Å². The molecule has 0 aliphatic carbocycles. The molecule has 0 heterocycles. The highest BCUT2D eigenvalue weighted by molar-refractivity contribution is 5.75. The van der Waals surface area contributed by atoms with Crippen LogP contribution in [0.15, 0.2) is 5.10 Å². The van der Waals surface area contributed by atoms with Crippen molar-refractivity contribution >= 4 is 12.1 Å². The molecule has 0 aliphatic heterocycles. The van der Waals surface area contributed by atoms with Crippen molar-refractivity contribution in [3.05, 3.63) is 0 Å². The van der Waals surface area contributed by atoms with Crippen molar-refractivity contribution in [2.24, 2.45) is 5.10 Å². The minimum absolute atomic E-state index is 0.115. The number of carbonyl (C=O) groups excluding carboxylic acids is 1. The molecule has 0 radical (unpaired) electrons. The van der Waals surface area contributed by atoms with Crippen molar-refractivity contribution in [2.45, 2.75) is 13.3 Å². The second-order valence-electron chi connectivity index (χ2n) is 2.33. The van der Waals surface area contributed by atoms with Crippen LogP contribution in [-0.2, 0) is 4.79 Å². The molecule has 11 heavy (non-hydrogen) atoms. The number of hydrogen-bond donors (Lipinski definition) is 1. The molecule has 4 heteroatoms. The highest BCUT2D eigenvalue weighted by atomic mass is 16.2. The van der Waals surface area contributed by atoms with Crippen LogP contribution in [0.5, 0.6) is 0 Å². The number of hydrogen-bond acceptors (Lipinski definition) is 3. The predicted octanol–water partition coefficient (Wildman–Crippen LogP) is 0.0600. The van der Waals surface area contributed by atoms with Crippen molar-refractivity contribution in [3.8, 4) is 0 Å². The summed E-state index contributed by atoms with van der Waals surface area (Å²) in [6.07, 6.45) is 2.14. The molecule has 0 unspecified atom stereocenters. The number of nitrogens with zero attached hydrogens (tertiary/aromatic N) is 2. The lowest BCUT2D eigenvalue weighted by atomic mass is 10.4. The minimum Gasteiger partial charge on any atom is -0.349 e. The van der Waals surface area contributed by atoms with Gasteiger partial charge >= 0.3 is 0 Å². The molecule has 0 spiro atoms. The van der Waals surface area contributed by atoms with Crippen molar-refractivity contribution in [3.63, 3.8) is 0 Å². The maximum atomic E-state index is 10.9. The molecule has 4 nitrogen and oxygen atoms in total. The number of carbonyl (C=O) groups is 1. The van der Waals surface area contributed by atoms with Crippen LogP contribution in [0.1, 0.15) is 13.3 Å². The van der Waals surface area contributed by atoms with Crippen LogP contribution in [0, 0.1) is 0 Å². The zero-order valence-corrected chi connectivity index (χ0v) is 7.29. The number of amides is 1. The van der Waals surface area contributed by atoms with Crippen LogP contribution < -0.4 is 5.43 Å². The third kappa shape index (κ3) is 5.39. The van der Waals surface area contributed by atoms with E-state index in [9.17, 15) is 4.79 Å². The summed E-state index contributed by atoms with van der Waals surface area (Å²) in [4.78, 5) is 12.5. The second-order valence-corrected chi connectivity index (χ2v) is 2.33. The topological polar surface area (TPSA) is 44.7 Å². The third-order valence-corrected chi connectivity index (χ3v) is 1.17. The van der Waals surface area contributed by atoms with Gasteiger partial charge in [-0.15, -0.1) is 0 Å². The second kappa shape index (κ2) is 5.70. The molecule has 64 valence electrons. The van der Waals surface area contributed by atoms with Crippen molar-refractivity contribution in [2.75, 3.05) is 20.6 Å². The van der Waals surface area contributed by atoms with Gasteiger partial charge in [-0.25, -0.2) is 0 Å². The predicted molar refractivity (Wildman–Crippen MR) is 45.5 cm³/mol. The van der Waals surface area contributed by atoms with Gasteiger partial charge in [-0.3, -0.25) is 4.79 Å². The Morgan fingerprint density at radius 1 is 1.64 bits per heavy atom. The van der Waals surface area contributed by atoms with Crippen LogP contribution in [0.3, 0.4) is 0 Å². The summed E-state index contributed by atoms with van der Waals surface area (Å²) >= 11 is 0. The van der Waals surface area contributed by atoms with Gasteiger partial charge in [0.2, 0.25) is 5.91 Å². The summed E-state index contributed by atoms with van der Waals surface area (Å²) in [5, 5.41) is 3.76. The maximum Gasteiger partial charge on any atom is 0.223 e. The Bertz CT molecular complexity index is 143. The van der Waals surface area contributed by atoms with E-state index in [1.165, 1.54) is 0 Å². The van der Waals surface area contributed by atoms with E-state index in [4.69, 9.17) is 0 Å². The summed E-state index contributed by atoms with van der Waals surface area (Å²) in [5.41, 5.74) is 2.74. The highest BCUT2D eigenvalue weighted by Crippen LogP contribution is 1.83. The average molecular weight is 157 g/mol. The van der Waals surface area contributed by atoms with Crippen molar-refractivity contribution in [1.82, 2.24) is 10.3 Å². The number of rotatable bonds is 4. The normalized spacial score (nSPS) is 10.1. The molecule has 1 amide bonds. The van der Waals surface area contributed by atoms with Gasteiger partial charge in [0.15, 0.2) is 0 Å². The van der Waals surface area contributed by atoms with E-state index < -0.39 is 0 Å². The van der Waals surface area contributed by atoms with Gasteiger partial charge in [-0.05, 0) is 6.92 Å². The third-order valence-electron chi connectivity index (χ3n) is 1.17. The monoisotopic (exact) mass is 157 g/mol. The molecule has 0 bridgehead atoms. The van der Waals surface area contributed by atoms with Gasteiger partial charge < -0.3 is 10.3 Å². The minimum atomic E-state index is 0.115. The molecule has 0 aromatic rings. The van der Waals surface area contributed by atoms with Crippen LogP contribution in [0.25, 0.3) is 0 Å². The zero-order valence-electron chi connectivity index (χ0n) is 7.29. The fourth-order valence-electron chi connectivity index (χ4n) is 0.542. The maximum absolute atomic E-state index is 10.9. The average Bonchev–Trinajstić information content (AvgIpc) is 1.97. The Hall–Kier alpha value is -1.06. The Kier molecular flexibility index (Phi) is 5.15. The summed E-state index contributed by atoms with van der Waals surface area (Å²) < 4.78 is 0. The van der Waals surface area contributed by atoms with Crippen LogP contribution in [-0.4, -0.2) is 37.7 Å². The molecular weight excluding hydrogens is 142 g/mol. The summed E-state index contributed by atoms with van der Waals surface area (Å²) in [7, 11) is 3.48. The summed E-state index contributed by atoms with van der Waals surface area (Å²) in [6, 6.07) is 0. The molecule has 0 fully saturated rings. The largest absolute Gasteiger partial charge is 0.349 e. The van der Waals surface area contributed by atoms with E-state index in [2.05, 4.69) is 10.5 Å². The van der Waals surface area contributed by atoms with Crippen LogP contribution in [0.4, 0.5) is 0 Å². The Morgan fingerprint density at radius 2 is 2.27 bits per heavy atom. The molecule has 0 atom stereocenters. The van der Waals surface area contributed by atoms with Gasteiger partial charge in [0.1, 0.15) is 0 Å². The van der Waals surface area contributed by atoms with Gasteiger partial charge in [0.05, 0.1) is 0 Å². The SMILES string of the molecule is C/C=N/NCCC(=O)N(C)C. The van der Waals surface area contributed by atoms with E-state index in [-0.39, 0.29) is 5.91 Å². The standard InChI is InChI=1S/C7H15N3O/c1-4-8-9-6-5-7(11)10(2)3/h4,9H,5-6H2,1-3H3/b8-4+. The molecule has 0 aromatic heterocycles. The molecular formula is C7H15N3O. The van der Waals surface area contributed by atoms with Crippen LogP contribution in [0.2, 0.25) is 0 Å². The van der Waals surface area contributed by atoms with Gasteiger partial charge in [0.25, 0.3) is 0 Å². The zero-order chi connectivity index (χ0) is 8.69. The first-order valence-electron chi connectivity index (χ1n) is 3.59. The lowest BCUT2D eigenvalue weighted by molar-refractivity contribution is -0.128. The fraction of sp³-hybridized carbons (Fsp3) is 0.714. The number of nitrogens with one attached hydrogen (secondary N) is 1. The van der Waals surface area contributed by atoms with E-state index in [0.29, 0.717) is 13.0 Å². The van der Waals surface area contributed by atoms with Gasteiger partial charge in [-0.1, -0.05) is 0 Å². The molecule has 0 saturated heterocycles. The first-order chi connectivity index (χ1) is 5.18. The number of hydrazone groups is 1. The highest BCUT2D eigenvalue weighted by Gasteiger charge is 2.00. The fourth-order valence-corrected chi connectivity index (χ4v) is 0.542. The van der Waals surface area contributed by atoms with Crippen molar-refractivity contribution in [1.29, 1.82) is 0 Å². The Labute approximate surface area is 67.3 Å². The Morgan fingerprint density at radius 3 is 2.73 bits per heavy atom. The van der Waals surface area contributed by atoms with E-state index in [1.807, 2.05) is 6.92 Å². The lowest BCUT2D eigenvalue weighted by Gasteiger charge is -2.08. The van der Waals surface area contributed by atoms with E-state index >= 15 is 0 Å². The molecule has 0 saturated carbocycles. The van der Waals surface area contributed by atoms with Crippen molar-refractivity contribution < 1.29 is 4.79 Å². The molecule has 0 aromatic carbocycles. The smallest absolute Gasteiger partial charge is 0.223 e. The van der Waals surface area contributed by atoms with E-state index in [0.717, 1.165) is 0 Å². The lowest BCUT2D eigenvalue weighted by Crippen LogP contribution is -2.25. The van der Waals surface area contributed by atoms with Gasteiger partial charge in [-0.2, -0.15) is 5.10 Å².